The van der Waals surface area contributed by atoms with E-state index >= 15 is 0 Å². The second-order valence-corrected chi connectivity index (χ2v) is 17.3. The number of aromatic nitrogens is 8. The molecule has 2 aliphatic heterocycles. The predicted molar refractivity (Wildman–Crippen MR) is 303 cm³/mol. The molecule has 2 aliphatic rings. The van der Waals surface area contributed by atoms with E-state index in [1.807, 2.05) is 218 Å². The minimum absolute atomic E-state index is 0. The fourth-order valence-electron chi connectivity index (χ4n) is 8.42. The summed E-state index contributed by atoms with van der Waals surface area (Å²) in [5, 5.41) is 3.57. The van der Waals surface area contributed by atoms with Crippen LogP contribution in [0.5, 0.6) is 0 Å². The monoisotopic (exact) mass is 1060 g/mol. The van der Waals surface area contributed by atoms with Gasteiger partial charge in [-0.05, 0) is 43.8 Å². The van der Waals surface area contributed by atoms with Crippen LogP contribution in [0.2, 0.25) is 0 Å². The summed E-state index contributed by atoms with van der Waals surface area (Å²) in [6, 6.07) is 72.3. The van der Waals surface area contributed by atoms with Gasteiger partial charge in [-0.3, -0.25) is 0 Å². The van der Waals surface area contributed by atoms with E-state index in [0.29, 0.717) is 72.3 Å². The van der Waals surface area contributed by atoms with Gasteiger partial charge in [0.25, 0.3) is 0 Å². The molecule has 77 heavy (non-hydrogen) atoms. The van der Waals surface area contributed by atoms with Crippen LogP contribution in [0.25, 0.3) is 89.7 Å². The molecule has 13 rings (SSSR count). The molecule has 0 unspecified atom stereocenters. The Hall–Kier alpha value is -8.52. The van der Waals surface area contributed by atoms with Crippen molar-refractivity contribution in [3.8, 4) is 45.6 Å². The van der Waals surface area contributed by atoms with Gasteiger partial charge in [0.1, 0.15) is 0 Å². The van der Waals surface area contributed by atoms with Crippen molar-refractivity contribution in [3.63, 3.8) is 0 Å². The number of ether oxygens (including phenoxy) is 4. The number of methoxy groups -OCH3 is 4. The third kappa shape index (κ3) is 14.1. The summed E-state index contributed by atoms with van der Waals surface area (Å²) in [6.45, 7) is 2.84. The summed E-state index contributed by atoms with van der Waals surface area (Å²) in [7, 11) is 6.81. The van der Waals surface area contributed by atoms with Crippen LogP contribution in [0.3, 0.4) is 0 Å². The zero-order valence-electron chi connectivity index (χ0n) is 43.1. The first-order valence-electron chi connectivity index (χ1n) is 24.7. The maximum atomic E-state index is 4.95. The van der Waals surface area contributed by atoms with Crippen molar-refractivity contribution in [2.24, 2.45) is 0 Å². The van der Waals surface area contributed by atoms with Crippen LogP contribution >= 0.6 is 0 Å². The smallest absolute Gasteiger partial charge is 0.380 e. The SMILES string of the molecule is COCc1ccccc1.COCc1ccccc1.COCc1ccccc1.COCc1ccccc1.[Cu+2].c1ccc2c(c1)-c1nc-2nc2[n-]c(nc3nc(nc4[n-]c(n1)c1ccccc41)-c1ccccc1-3)c1ccccc21. The van der Waals surface area contributed by atoms with Crippen molar-refractivity contribution in [1.29, 1.82) is 0 Å². The summed E-state index contributed by atoms with van der Waals surface area (Å²) in [5.74, 6) is 2.21. The number of fused-ring (bicyclic) bond motifs is 20. The predicted octanol–water partition coefficient (Wildman–Crippen LogP) is 13.5. The third-order valence-electron chi connectivity index (χ3n) is 11.9. The quantitative estimate of drug-likeness (QED) is 0.134. The molecule has 8 aromatic carbocycles. The Kier molecular flexibility index (Phi) is 19.8. The second kappa shape index (κ2) is 27.9. The molecular formula is C64H56CuN8O4. The summed E-state index contributed by atoms with van der Waals surface area (Å²) < 4.78 is 19.7. The number of nitrogens with zero attached hydrogens (tertiary/aromatic N) is 8. The van der Waals surface area contributed by atoms with Crippen molar-refractivity contribution in [2.75, 3.05) is 28.4 Å². The first-order chi connectivity index (χ1) is 37.5. The van der Waals surface area contributed by atoms with E-state index in [4.69, 9.17) is 58.8 Å². The van der Waals surface area contributed by atoms with E-state index in [1.165, 1.54) is 22.3 Å². The van der Waals surface area contributed by atoms with Crippen LogP contribution in [-0.4, -0.2) is 58.3 Å². The van der Waals surface area contributed by atoms with Gasteiger partial charge in [0.15, 0.2) is 0 Å². The molecule has 387 valence electrons. The molecular weight excluding hydrogens is 1010 g/mol. The standard InChI is InChI=1S/C32H16N8.4C8H10O.Cu/c1-2-10-18-17(9-1)25-33-26(18)38-28-21-13-5-6-14-22(21)30(35-28)40-32-24-16-8-7-15-23(24)31(36-32)39-29-20-12-4-3-11-19(20)27(34-29)37-25;4*1-9-7-8-5-3-2-4-6-8;/h1-16H;4*2-6H,7H2,1H3;/q-2;;;;;+2. The van der Waals surface area contributed by atoms with E-state index in [2.05, 4.69) is 0 Å². The summed E-state index contributed by atoms with van der Waals surface area (Å²) in [4.78, 5) is 39.3. The Morgan fingerprint density at radius 1 is 0.260 bits per heavy atom. The Morgan fingerprint density at radius 2 is 0.455 bits per heavy atom. The maximum Gasteiger partial charge on any atom is 2.00 e. The average molecular weight is 1060 g/mol. The van der Waals surface area contributed by atoms with Crippen LogP contribution in [0.1, 0.15) is 22.3 Å². The molecule has 0 N–H and O–H groups in total. The normalized spacial score (nSPS) is 10.6. The van der Waals surface area contributed by atoms with Gasteiger partial charge < -0.3 is 48.9 Å². The van der Waals surface area contributed by atoms with Crippen LogP contribution in [0, 0.1) is 0 Å². The molecule has 0 fully saturated rings. The molecule has 11 aromatic rings. The molecule has 1 radical (unpaired) electrons. The molecule has 8 bridgehead atoms. The van der Waals surface area contributed by atoms with Crippen molar-refractivity contribution in [2.45, 2.75) is 26.4 Å². The van der Waals surface area contributed by atoms with Gasteiger partial charge in [-0.15, -0.1) is 0 Å². The number of hydrogen-bond donors (Lipinski definition) is 0. The van der Waals surface area contributed by atoms with Crippen molar-refractivity contribution >= 4 is 44.1 Å². The van der Waals surface area contributed by atoms with Crippen LogP contribution < -0.4 is 9.97 Å². The van der Waals surface area contributed by atoms with Crippen LogP contribution in [0.15, 0.2) is 218 Å². The number of rotatable bonds is 8. The molecule has 0 atom stereocenters. The van der Waals surface area contributed by atoms with Gasteiger partial charge in [0.05, 0.1) is 49.7 Å². The summed E-state index contributed by atoms with van der Waals surface area (Å²) >= 11 is 0. The van der Waals surface area contributed by atoms with Gasteiger partial charge >= 0.3 is 17.1 Å². The van der Waals surface area contributed by atoms with Gasteiger partial charge in [-0.1, -0.05) is 218 Å². The van der Waals surface area contributed by atoms with Gasteiger partial charge in [0, 0.05) is 73.3 Å². The third-order valence-corrected chi connectivity index (χ3v) is 11.9. The molecule has 12 nitrogen and oxygen atoms in total. The molecule has 5 heterocycles. The van der Waals surface area contributed by atoms with E-state index in [0.717, 1.165) is 43.8 Å². The molecule has 0 spiro atoms. The van der Waals surface area contributed by atoms with E-state index in [1.54, 1.807) is 28.4 Å². The molecule has 0 amide bonds. The van der Waals surface area contributed by atoms with E-state index in [-0.39, 0.29) is 17.1 Å². The summed E-state index contributed by atoms with van der Waals surface area (Å²) in [6.07, 6.45) is 0. The fourth-order valence-corrected chi connectivity index (χ4v) is 8.42. The fraction of sp³-hybridized carbons (Fsp3) is 0.125. The van der Waals surface area contributed by atoms with Gasteiger partial charge in [-0.2, -0.15) is 0 Å². The Morgan fingerprint density at radius 3 is 0.662 bits per heavy atom. The minimum Gasteiger partial charge on any atom is -0.380 e. The van der Waals surface area contributed by atoms with E-state index in [9.17, 15) is 0 Å². The number of hydrogen-bond acceptors (Lipinski definition) is 10. The zero-order chi connectivity index (χ0) is 52.3. The molecule has 0 saturated heterocycles. The topological polar surface area (TPSA) is 142 Å². The molecule has 0 aliphatic carbocycles. The first-order valence-corrected chi connectivity index (χ1v) is 24.7. The molecule has 3 aromatic heterocycles. The van der Waals surface area contributed by atoms with Crippen LogP contribution in [0.4, 0.5) is 0 Å². The number of benzene rings is 8. The molecule has 0 saturated carbocycles. The average Bonchev–Trinajstić information content (AvgIpc) is 4.28. The maximum absolute atomic E-state index is 4.95. The Bertz CT molecular complexity index is 3300. The second-order valence-electron chi connectivity index (χ2n) is 17.3. The van der Waals surface area contributed by atoms with Crippen molar-refractivity contribution in [1.82, 2.24) is 39.9 Å². The largest absolute Gasteiger partial charge is 2.00 e. The molecule has 13 heteroatoms. The van der Waals surface area contributed by atoms with Gasteiger partial charge in [0.2, 0.25) is 0 Å². The van der Waals surface area contributed by atoms with Crippen molar-refractivity contribution in [3.05, 3.63) is 241 Å². The minimum atomic E-state index is 0. The summed E-state index contributed by atoms with van der Waals surface area (Å²) in [5.41, 5.74) is 10.7. The van der Waals surface area contributed by atoms with Crippen molar-refractivity contribution < 1.29 is 36.0 Å². The van der Waals surface area contributed by atoms with Crippen LogP contribution in [-0.2, 0) is 62.4 Å². The Labute approximate surface area is 458 Å². The van der Waals surface area contributed by atoms with Gasteiger partial charge in [-0.25, -0.2) is 9.97 Å². The first kappa shape index (κ1) is 54.7. The zero-order valence-corrected chi connectivity index (χ0v) is 44.1. The van der Waals surface area contributed by atoms with E-state index < -0.39 is 0 Å². The Balaban J connectivity index is 0.000000170.